The molecule has 0 bridgehead atoms. The number of amides is 2. The molecule has 2 amide bonds. The summed E-state index contributed by atoms with van der Waals surface area (Å²) >= 11 is 12.1. The lowest BCUT2D eigenvalue weighted by molar-refractivity contribution is -0.142. The van der Waals surface area contributed by atoms with Crippen LogP contribution in [0.5, 0.6) is 0 Å². The van der Waals surface area contributed by atoms with E-state index in [4.69, 9.17) is 23.2 Å². The van der Waals surface area contributed by atoms with Crippen LogP contribution in [0.4, 0.5) is 0 Å². The fourth-order valence-electron chi connectivity index (χ4n) is 3.76. The average Bonchev–Trinajstić information content (AvgIpc) is 3.22. The van der Waals surface area contributed by atoms with Crippen molar-refractivity contribution in [2.75, 3.05) is 19.6 Å². The Balaban J connectivity index is 1.78. The van der Waals surface area contributed by atoms with E-state index in [1.165, 1.54) is 11.0 Å². The summed E-state index contributed by atoms with van der Waals surface area (Å²) in [7, 11) is 0. The zero-order chi connectivity index (χ0) is 19.0. The van der Waals surface area contributed by atoms with Crippen LogP contribution in [0.1, 0.15) is 30.1 Å². The van der Waals surface area contributed by atoms with Crippen molar-refractivity contribution < 1.29 is 19.5 Å². The SMILES string of the molecule is C[C@@H]1CN(C(=O)C2CCCN2C(=O)c2cc(Cl)ccc2Cl)C[C@H]1C(=O)O. The summed E-state index contributed by atoms with van der Waals surface area (Å²) in [4.78, 5) is 40.2. The molecular weight excluding hydrogens is 379 g/mol. The van der Waals surface area contributed by atoms with E-state index in [0.717, 1.165) is 0 Å². The highest BCUT2D eigenvalue weighted by atomic mass is 35.5. The first kappa shape index (κ1) is 19.0. The Labute approximate surface area is 161 Å². The maximum atomic E-state index is 12.9. The minimum atomic E-state index is -0.891. The van der Waals surface area contributed by atoms with Gasteiger partial charge >= 0.3 is 5.97 Å². The third-order valence-corrected chi connectivity index (χ3v) is 5.76. The van der Waals surface area contributed by atoms with Gasteiger partial charge in [0.05, 0.1) is 16.5 Å². The van der Waals surface area contributed by atoms with Crippen molar-refractivity contribution in [1.82, 2.24) is 9.80 Å². The average molecular weight is 399 g/mol. The van der Waals surface area contributed by atoms with Crippen molar-refractivity contribution in [2.45, 2.75) is 25.8 Å². The third-order valence-electron chi connectivity index (χ3n) is 5.20. The van der Waals surface area contributed by atoms with E-state index in [0.29, 0.717) is 36.0 Å². The number of halogens is 2. The van der Waals surface area contributed by atoms with Gasteiger partial charge in [0.2, 0.25) is 5.91 Å². The normalized spacial score (nSPS) is 25.6. The van der Waals surface area contributed by atoms with Crippen molar-refractivity contribution in [3.63, 3.8) is 0 Å². The fourth-order valence-corrected chi connectivity index (χ4v) is 4.13. The van der Waals surface area contributed by atoms with Gasteiger partial charge in [-0.25, -0.2) is 0 Å². The number of rotatable bonds is 3. The molecule has 0 spiro atoms. The molecule has 0 aromatic heterocycles. The first-order chi connectivity index (χ1) is 12.3. The van der Waals surface area contributed by atoms with Crippen LogP contribution in [0.25, 0.3) is 0 Å². The van der Waals surface area contributed by atoms with E-state index in [-0.39, 0.29) is 29.8 Å². The molecule has 2 fully saturated rings. The maximum absolute atomic E-state index is 12.9. The van der Waals surface area contributed by atoms with Gasteiger partial charge in [-0.05, 0) is 37.0 Å². The lowest BCUT2D eigenvalue weighted by Crippen LogP contribution is -2.47. The highest BCUT2D eigenvalue weighted by Gasteiger charge is 2.42. The molecule has 140 valence electrons. The molecule has 2 aliphatic heterocycles. The van der Waals surface area contributed by atoms with E-state index in [9.17, 15) is 19.5 Å². The molecule has 6 nitrogen and oxygen atoms in total. The van der Waals surface area contributed by atoms with Crippen LogP contribution < -0.4 is 0 Å². The number of carboxylic acids is 1. The largest absolute Gasteiger partial charge is 0.481 e. The van der Waals surface area contributed by atoms with Gasteiger partial charge in [0.1, 0.15) is 6.04 Å². The Bertz CT molecular complexity index is 755. The zero-order valence-electron chi connectivity index (χ0n) is 14.3. The molecule has 2 aliphatic rings. The molecule has 0 radical (unpaired) electrons. The first-order valence-electron chi connectivity index (χ1n) is 8.57. The monoisotopic (exact) mass is 398 g/mol. The highest BCUT2D eigenvalue weighted by molar-refractivity contribution is 6.35. The smallest absolute Gasteiger partial charge is 0.308 e. The third kappa shape index (κ3) is 3.53. The highest BCUT2D eigenvalue weighted by Crippen LogP contribution is 2.29. The summed E-state index contributed by atoms with van der Waals surface area (Å²) in [6.45, 7) is 2.87. The van der Waals surface area contributed by atoms with Gasteiger partial charge < -0.3 is 14.9 Å². The number of carboxylic acid groups (broad SMARTS) is 1. The molecule has 26 heavy (non-hydrogen) atoms. The molecular formula is C18H20Cl2N2O4. The van der Waals surface area contributed by atoms with Crippen LogP contribution >= 0.6 is 23.2 Å². The summed E-state index contributed by atoms with van der Waals surface area (Å²) in [5.41, 5.74) is 0.275. The van der Waals surface area contributed by atoms with Crippen LogP contribution in [-0.4, -0.2) is 58.4 Å². The first-order valence-corrected chi connectivity index (χ1v) is 9.32. The molecule has 2 saturated heterocycles. The Hall–Kier alpha value is -1.79. The van der Waals surface area contributed by atoms with Gasteiger partial charge in [0.15, 0.2) is 0 Å². The van der Waals surface area contributed by atoms with Crippen LogP contribution in [0.2, 0.25) is 10.0 Å². The number of carbonyl (C=O) groups is 3. The summed E-state index contributed by atoms with van der Waals surface area (Å²) in [6, 6.07) is 4.08. The summed E-state index contributed by atoms with van der Waals surface area (Å²) in [5.74, 6) is -2.07. The molecule has 1 N–H and O–H groups in total. The molecule has 0 aliphatic carbocycles. The molecule has 1 aromatic carbocycles. The van der Waals surface area contributed by atoms with E-state index < -0.39 is 17.9 Å². The fraction of sp³-hybridized carbons (Fsp3) is 0.500. The number of hydrogen-bond donors (Lipinski definition) is 1. The van der Waals surface area contributed by atoms with Crippen LogP contribution in [0.15, 0.2) is 18.2 Å². The predicted octanol–water partition coefficient (Wildman–Crippen LogP) is 2.78. The second-order valence-corrected chi connectivity index (χ2v) is 7.79. The van der Waals surface area contributed by atoms with Crippen molar-refractivity contribution in [3.05, 3.63) is 33.8 Å². The van der Waals surface area contributed by atoms with Crippen LogP contribution in [0.3, 0.4) is 0 Å². The molecule has 8 heteroatoms. The van der Waals surface area contributed by atoms with Crippen LogP contribution in [-0.2, 0) is 9.59 Å². The standard InChI is InChI=1S/C18H20Cl2N2O4/c1-10-8-21(9-13(10)18(25)26)17(24)15-3-2-6-22(15)16(23)12-7-11(19)4-5-14(12)20/h4-5,7,10,13,15H,2-3,6,8-9H2,1H3,(H,25,26)/t10-,13-,15?/m1/s1. The Morgan fingerprint density at radius 2 is 1.92 bits per heavy atom. The topological polar surface area (TPSA) is 77.9 Å². The Morgan fingerprint density at radius 3 is 2.58 bits per heavy atom. The maximum Gasteiger partial charge on any atom is 0.308 e. The quantitative estimate of drug-likeness (QED) is 0.848. The Morgan fingerprint density at radius 1 is 1.19 bits per heavy atom. The van der Waals surface area contributed by atoms with Gasteiger partial charge in [-0.15, -0.1) is 0 Å². The zero-order valence-corrected chi connectivity index (χ0v) is 15.8. The number of benzene rings is 1. The second kappa shape index (κ2) is 7.45. The van der Waals surface area contributed by atoms with Crippen LogP contribution in [0, 0.1) is 11.8 Å². The molecule has 3 rings (SSSR count). The van der Waals surface area contributed by atoms with Crippen molar-refractivity contribution >= 4 is 41.0 Å². The number of nitrogens with zero attached hydrogens (tertiary/aromatic N) is 2. The van der Waals surface area contributed by atoms with Gasteiger partial charge in [-0.3, -0.25) is 14.4 Å². The minimum absolute atomic E-state index is 0.107. The second-order valence-electron chi connectivity index (χ2n) is 6.95. The number of aliphatic carboxylic acids is 1. The summed E-state index contributed by atoms with van der Waals surface area (Å²) < 4.78 is 0. The molecule has 1 unspecified atom stereocenters. The van der Waals surface area contributed by atoms with E-state index in [1.807, 2.05) is 6.92 Å². The molecule has 0 saturated carbocycles. The molecule has 1 aromatic rings. The van der Waals surface area contributed by atoms with Crippen molar-refractivity contribution in [1.29, 1.82) is 0 Å². The predicted molar refractivity (Wildman–Crippen MR) is 97.4 cm³/mol. The van der Waals surface area contributed by atoms with Crippen molar-refractivity contribution in [3.8, 4) is 0 Å². The minimum Gasteiger partial charge on any atom is -0.481 e. The number of hydrogen-bond acceptors (Lipinski definition) is 3. The molecule has 2 heterocycles. The Kier molecular flexibility index (Phi) is 5.44. The summed E-state index contributed by atoms with van der Waals surface area (Å²) in [5, 5.41) is 9.95. The van der Waals surface area contributed by atoms with Crippen molar-refractivity contribution in [2.24, 2.45) is 11.8 Å². The van der Waals surface area contributed by atoms with Gasteiger partial charge in [0.25, 0.3) is 5.91 Å². The van der Waals surface area contributed by atoms with Gasteiger partial charge in [-0.1, -0.05) is 30.1 Å². The number of likely N-dealkylation sites (tertiary alicyclic amines) is 2. The summed E-state index contributed by atoms with van der Waals surface area (Å²) in [6.07, 6.45) is 1.28. The van der Waals surface area contributed by atoms with Gasteiger partial charge in [-0.2, -0.15) is 0 Å². The lowest BCUT2D eigenvalue weighted by atomic mass is 9.99. The van der Waals surface area contributed by atoms with E-state index in [2.05, 4.69) is 0 Å². The number of carbonyl (C=O) groups excluding carboxylic acids is 2. The lowest BCUT2D eigenvalue weighted by Gasteiger charge is -2.28. The van der Waals surface area contributed by atoms with Gasteiger partial charge in [0, 0.05) is 24.7 Å². The molecule has 3 atom stereocenters. The van der Waals surface area contributed by atoms with E-state index >= 15 is 0 Å². The van der Waals surface area contributed by atoms with E-state index in [1.54, 1.807) is 17.0 Å².